The van der Waals surface area contributed by atoms with E-state index in [0.717, 1.165) is 16.8 Å². The van der Waals surface area contributed by atoms with Gasteiger partial charge in [0.25, 0.3) is 0 Å². The zero-order valence-electron chi connectivity index (χ0n) is 15.5. The molecule has 6 nitrogen and oxygen atoms in total. The number of halogens is 1. The smallest absolute Gasteiger partial charge is 0.238 e. The molecule has 0 bridgehead atoms. The van der Waals surface area contributed by atoms with E-state index in [1.807, 2.05) is 0 Å². The van der Waals surface area contributed by atoms with Crippen LogP contribution in [0.15, 0.2) is 47.6 Å². The van der Waals surface area contributed by atoms with Crippen LogP contribution in [-0.4, -0.2) is 23.2 Å². The molecular formula is C20H19FN4O2S. The quantitative estimate of drug-likeness (QED) is 0.682. The van der Waals surface area contributed by atoms with Crippen LogP contribution >= 0.6 is 0 Å². The fourth-order valence-electron chi connectivity index (χ4n) is 2.71. The summed E-state index contributed by atoms with van der Waals surface area (Å²) < 4.78 is 38.3. The van der Waals surface area contributed by atoms with Crippen molar-refractivity contribution in [1.82, 2.24) is 14.8 Å². The number of aryl methyl sites for hydroxylation is 3. The lowest BCUT2D eigenvalue weighted by atomic mass is 10.1. The number of aromatic nitrogens is 3. The van der Waals surface area contributed by atoms with Crippen molar-refractivity contribution in [3.63, 3.8) is 0 Å². The topological polar surface area (TPSA) is 90.9 Å². The number of nitrogens with two attached hydrogens (primary N) is 1. The zero-order valence-corrected chi connectivity index (χ0v) is 16.3. The van der Waals surface area contributed by atoms with E-state index in [1.54, 1.807) is 43.2 Å². The Morgan fingerprint density at radius 1 is 1.14 bits per heavy atom. The Morgan fingerprint density at radius 3 is 2.50 bits per heavy atom. The van der Waals surface area contributed by atoms with E-state index in [2.05, 4.69) is 21.9 Å². The van der Waals surface area contributed by atoms with E-state index in [1.165, 1.54) is 18.2 Å². The molecule has 0 atom stereocenters. The molecule has 0 fully saturated rings. The van der Waals surface area contributed by atoms with Gasteiger partial charge < -0.3 is 0 Å². The van der Waals surface area contributed by atoms with E-state index in [9.17, 15) is 12.8 Å². The summed E-state index contributed by atoms with van der Waals surface area (Å²) in [7, 11) is -1.92. The summed E-state index contributed by atoms with van der Waals surface area (Å²) in [5.41, 5.74) is 3.43. The van der Waals surface area contributed by atoms with Gasteiger partial charge >= 0.3 is 0 Å². The Bertz CT molecular complexity index is 1170. The van der Waals surface area contributed by atoms with Gasteiger partial charge in [-0.25, -0.2) is 17.9 Å². The standard InChI is InChI=1S/C20H19FN4O2S/c1-14-11-18(21)19(23-12-14)9-10-20-16(13-24-25(20)2)6-3-15-4-7-17(8-5-15)28(22,26)27/h4-5,7-8,11-13H,9-10H2,1-2H3,(H2,22,26,27). The molecule has 0 aliphatic heterocycles. The lowest BCUT2D eigenvalue weighted by molar-refractivity contribution is 0.591. The van der Waals surface area contributed by atoms with E-state index in [4.69, 9.17) is 5.14 Å². The zero-order chi connectivity index (χ0) is 20.3. The number of nitrogens with zero attached hydrogens (tertiary/aromatic N) is 3. The molecule has 2 aromatic heterocycles. The SMILES string of the molecule is Cc1cnc(CCc2c(C#Cc3ccc(S(N)(=O)=O)cc3)cnn2C)c(F)c1. The van der Waals surface area contributed by atoms with Gasteiger partial charge in [-0.2, -0.15) is 5.10 Å². The van der Waals surface area contributed by atoms with Gasteiger partial charge in [0.1, 0.15) is 5.82 Å². The minimum Gasteiger partial charge on any atom is -0.271 e. The molecule has 0 amide bonds. The monoisotopic (exact) mass is 398 g/mol. The summed E-state index contributed by atoms with van der Waals surface area (Å²) in [4.78, 5) is 4.19. The third-order valence-corrected chi connectivity index (χ3v) is 5.17. The van der Waals surface area contributed by atoms with Crippen molar-refractivity contribution >= 4 is 10.0 Å². The number of pyridine rings is 1. The number of rotatable bonds is 4. The van der Waals surface area contributed by atoms with Crippen LogP contribution in [0, 0.1) is 24.6 Å². The van der Waals surface area contributed by atoms with Crippen LogP contribution < -0.4 is 5.14 Å². The van der Waals surface area contributed by atoms with E-state index in [0.29, 0.717) is 24.1 Å². The molecule has 0 aliphatic carbocycles. The van der Waals surface area contributed by atoms with Crippen LogP contribution in [0.3, 0.4) is 0 Å². The van der Waals surface area contributed by atoms with Gasteiger partial charge in [0.2, 0.25) is 10.0 Å². The van der Waals surface area contributed by atoms with Crippen molar-refractivity contribution in [3.8, 4) is 11.8 Å². The van der Waals surface area contributed by atoms with Crippen LogP contribution in [0.4, 0.5) is 4.39 Å². The molecular weight excluding hydrogens is 379 g/mol. The Morgan fingerprint density at radius 2 is 1.86 bits per heavy atom. The van der Waals surface area contributed by atoms with Crippen molar-refractivity contribution in [2.45, 2.75) is 24.7 Å². The maximum atomic E-state index is 14.0. The molecule has 0 aliphatic rings. The number of benzene rings is 1. The highest BCUT2D eigenvalue weighted by atomic mass is 32.2. The second-order valence-corrected chi connectivity index (χ2v) is 7.95. The molecule has 0 unspecified atom stereocenters. The van der Waals surface area contributed by atoms with Gasteiger partial charge in [-0.05, 0) is 55.7 Å². The summed E-state index contributed by atoms with van der Waals surface area (Å²) in [5, 5.41) is 9.32. The largest absolute Gasteiger partial charge is 0.271 e. The van der Waals surface area contributed by atoms with Crippen molar-refractivity contribution in [2.24, 2.45) is 12.2 Å². The summed E-state index contributed by atoms with van der Waals surface area (Å²) >= 11 is 0. The van der Waals surface area contributed by atoms with Gasteiger partial charge in [-0.1, -0.05) is 11.8 Å². The Kier molecular flexibility index (Phi) is 5.58. The lowest BCUT2D eigenvalue weighted by Gasteiger charge is -2.05. The van der Waals surface area contributed by atoms with Gasteiger partial charge in [0.05, 0.1) is 28.0 Å². The molecule has 1 aromatic carbocycles. The first-order valence-corrected chi connectivity index (χ1v) is 10.1. The van der Waals surface area contributed by atoms with Crippen molar-refractivity contribution in [2.75, 3.05) is 0 Å². The van der Waals surface area contributed by atoms with Gasteiger partial charge in [-0.15, -0.1) is 0 Å². The predicted octanol–water partition coefficient (Wildman–Crippen LogP) is 2.10. The maximum Gasteiger partial charge on any atom is 0.238 e. The predicted molar refractivity (Wildman–Crippen MR) is 103 cm³/mol. The molecule has 0 saturated carbocycles. The second-order valence-electron chi connectivity index (χ2n) is 6.39. The number of hydrogen-bond acceptors (Lipinski definition) is 4. The van der Waals surface area contributed by atoms with Crippen LogP contribution in [-0.2, 0) is 29.9 Å². The average molecular weight is 398 g/mol. The summed E-state index contributed by atoms with van der Waals surface area (Å²) in [5.74, 6) is 5.71. The first-order valence-electron chi connectivity index (χ1n) is 8.51. The van der Waals surface area contributed by atoms with E-state index < -0.39 is 10.0 Å². The maximum absolute atomic E-state index is 14.0. The highest BCUT2D eigenvalue weighted by Crippen LogP contribution is 2.14. The molecule has 0 spiro atoms. The Balaban J connectivity index is 1.79. The van der Waals surface area contributed by atoms with Gasteiger partial charge in [0.15, 0.2) is 0 Å². The van der Waals surface area contributed by atoms with Crippen LogP contribution in [0.2, 0.25) is 0 Å². The molecule has 2 heterocycles. The molecule has 28 heavy (non-hydrogen) atoms. The molecule has 3 rings (SSSR count). The number of hydrogen-bond donors (Lipinski definition) is 1. The highest BCUT2D eigenvalue weighted by molar-refractivity contribution is 7.89. The summed E-state index contributed by atoms with van der Waals surface area (Å²) in [6, 6.07) is 7.48. The van der Waals surface area contributed by atoms with Crippen LogP contribution in [0.25, 0.3) is 0 Å². The Labute approximate surface area is 163 Å². The second kappa shape index (κ2) is 7.92. The normalized spacial score (nSPS) is 11.1. The van der Waals surface area contributed by atoms with Crippen molar-refractivity contribution in [3.05, 3.63) is 76.6 Å². The molecule has 2 N–H and O–H groups in total. The molecule has 0 radical (unpaired) electrons. The summed E-state index contributed by atoms with van der Waals surface area (Å²) in [6.45, 7) is 1.80. The first-order chi connectivity index (χ1) is 13.2. The lowest BCUT2D eigenvalue weighted by Crippen LogP contribution is -2.11. The molecule has 3 aromatic rings. The van der Waals surface area contributed by atoms with Gasteiger partial charge in [0, 0.05) is 18.8 Å². The molecule has 144 valence electrons. The van der Waals surface area contributed by atoms with Crippen molar-refractivity contribution in [1.29, 1.82) is 0 Å². The highest BCUT2D eigenvalue weighted by Gasteiger charge is 2.10. The third-order valence-electron chi connectivity index (χ3n) is 4.24. The number of primary sulfonamides is 1. The Hall–Kier alpha value is -3.02. The summed E-state index contributed by atoms with van der Waals surface area (Å²) in [6.07, 6.45) is 4.27. The third kappa shape index (κ3) is 4.63. The first kappa shape index (κ1) is 19.7. The minimum atomic E-state index is -3.73. The molecule has 8 heteroatoms. The molecule has 0 saturated heterocycles. The van der Waals surface area contributed by atoms with E-state index in [-0.39, 0.29) is 10.7 Å². The minimum absolute atomic E-state index is 0.0349. The average Bonchev–Trinajstić information content (AvgIpc) is 2.99. The van der Waals surface area contributed by atoms with Crippen LogP contribution in [0.5, 0.6) is 0 Å². The van der Waals surface area contributed by atoms with E-state index >= 15 is 0 Å². The van der Waals surface area contributed by atoms with Gasteiger partial charge in [-0.3, -0.25) is 9.67 Å². The van der Waals surface area contributed by atoms with Crippen molar-refractivity contribution < 1.29 is 12.8 Å². The number of sulfonamides is 1. The fourth-order valence-corrected chi connectivity index (χ4v) is 3.23. The van der Waals surface area contributed by atoms with Crippen LogP contribution in [0.1, 0.15) is 28.1 Å². The fraction of sp³-hybridized carbons (Fsp3) is 0.200.